The highest BCUT2D eigenvalue weighted by atomic mass is 79.9. The number of methoxy groups -OCH3 is 3. The van der Waals surface area contributed by atoms with Gasteiger partial charge in [0, 0.05) is 111 Å². The average Bonchev–Trinajstić information content (AvgIpc) is 1.08. The molecule has 0 aliphatic carbocycles. The number of fused-ring (bicyclic) bond motifs is 3. The van der Waals surface area contributed by atoms with E-state index in [2.05, 4.69) is 46.4 Å². The maximum Gasteiger partial charge on any atom is 0.426 e. The lowest BCUT2D eigenvalue weighted by Gasteiger charge is -2.25. The molecule has 16 rings (SSSR count). The number of nitrogens with zero attached hydrogens (tertiary/aromatic N) is 6. The van der Waals surface area contributed by atoms with E-state index in [4.69, 9.17) is 76.3 Å². The smallest absolute Gasteiger partial charge is 0.426 e. The lowest BCUT2D eigenvalue weighted by Crippen LogP contribution is -2.44. The Balaban J connectivity index is 0.000000164. The molecule has 9 aromatic carbocycles. The van der Waals surface area contributed by atoms with Crippen molar-refractivity contribution in [2.45, 2.75) is 73.7 Å². The molecule has 0 bridgehead atoms. The van der Waals surface area contributed by atoms with Gasteiger partial charge in [-0.3, -0.25) is 15.0 Å². The molecule has 610 valence electrons. The summed E-state index contributed by atoms with van der Waals surface area (Å²) in [5.41, 5.74) is 12.4. The van der Waals surface area contributed by atoms with Crippen LogP contribution < -0.4 is 14.2 Å². The average molecular weight is 1810 g/mol. The van der Waals surface area contributed by atoms with Crippen LogP contribution >= 0.6 is 60.6 Å². The van der Waals surface area contributed by atoms with Gasteiger partial charge in [0.1, 0.15) is 70.7 Å². The Kier molecular flexibility index (Phi) is 28.9. The standard InChI is InChI=1S/2C27H20ClFN2O4S.C26H17BrClFN2O4S.C3H9B3O3.CH4.H3P/c2*1-16-14-30-25-11-20(36(32,33)15-19-8-9-35-31-19)6-7-21(25)27(16)23-12-24(28)22(13-26(23)34-2)17-4-3-5-18(29)10-17;1-34-25-12-20(15-3-2-4-16(29)9-15)23(28)11-21(25)26-19-6-5-18(10-24(19)30-13-22(26)27)36(32,33)14-17-7-8-35-31-17;1-4-7-5(2)9-6(3)8-4;;/h2*3-14H,15H2,1-2H3;2-13H,14H2,1H3;1-3H3;1H4;1H3. The number of ether oxygens (including phenoxy) is 3. The number of rotatable bonds is 18. The van der Waals surface area contributed by atoms with E-state index in [1.807, 2.05) is 34.3 Å². The van der Waals surface area contributed by atoms with E-state index in [0.717, 1.165) is 38.6 Å². The van der Waals surface area contributed by atoms with E-state index in [0.29, 0.717) is 126 Å². The third-order valence-corrected chi connectivity index (χ3v) is 25.1. The molecule has 1 aliphatic heterocycles. The molecule has 119 heavy (non-hydrogen) atoms. The fourth-order valence-electron chi connectivity index (χ4n) is 13.3. The summed E-state index contributed by atoms with van der Waals surface area (Å²) in [6, 6.07) is 48.0. The predicted molar refractivity (Wildman–Crippen MR) is 468 cm³/mol. The molecule has 0 N–H and O–H groups in total. The zero-order valence-electron chi connectivity index (χ0n) is 64.0. The molecule has 1 atom stereocenters. The fourth-order valence-corrected chi connectivity index (χ4v) is 18.5. The number of hydrogen-bond acceptors (Lipinski definition) is 21. The van der Waals surface area contributed by atoms with Crippen LogP contribution in [0, 0.1) is 31.3 Å². The molecule has 0 saturated carbocycles. The summed E-state index contributed by atoms with van der Waals surface area (Å²) in [6.07, 6.45) is 8.95. The van der Waals surface area contributed by atoms with E-state index in [-0.39, 0.29) is 88.1 Å². The van der Waals surface area contributed by atoms with Crippen molar-refractivity contribution in [3.05, 3.63) is 285 Å². The monoisotopic (exact) mass is 1810 g/mol. The molecule has 1 aliphatic rings. The van der Waals surface area contributed by atoms with E-state index in [1.54, 1.807) is 148 Å². The van der Waals surface area contributed by atoms with Gasteiger partial charge in [-0.1, -0.05) is 112 Å². The molecular formula is C84H73B3BrCl3F3N6O15PS3. The van der Waals surface area contributed by atoms with Gasteiger partial charge in [0.25, 0.3) is 0 Å². The van der Waals surface area contributed by atoms with Gasteiger partial charge in [0.05, 0.1) is 69.6 Å². The Labute approximate surface area is 712 Å². The van der Waals surface area contributed by atoms with Crippen molar-refractivity contribution in [1.29, 1.82) is 0 Å². The van der Waals surface area contributed by atoms with Crippen LogP contribution in [-0.4, -0.2) is 98.4 Å². The maximum absolute atomic E-state index is 13.8. The van der Waals surface area contributed by atoms with Gasteiger partial charge < -0.3 is 41.5 Å². The van der Waals surface area contributed by atoms with E-state index >= 15 is 0 Å². The summed E-state index contributed by atoms with van der Waals surface area (Å²) < 4.78 is 166. The highest BCUT2D eigenvalue weighted by molar-refractivity contribution is 9.10. The summed E-state index contributed by atoms with van der Waals surface area (Å²) >= 11 is 23.5. The molecule has 0 radical (unpaired) electrons. The Morgan fingerprint density at radius 2 is 0.689 bits per heavy atom. The van der Waals surface area contributed by atoms with E-state index in [1.165, 1.54) is 92.6 Å². The van der Waals surface area contributed by atoms with Gasteiger partial charge in [-0.2, -0.15) is 9.90 Å². The number of aryl methyl sites for hydroxylation is 2. The van der Waals surface area contributed by atoms with Crippen LogP contribution in [0.5, 0.6) is 17.2 Å². The van der Waals surface area contributed by atoms with Crippen molar-refractivity contribution >= 4 is 144 Å². The molecule has 1 unspecified atom stereocenters. The van der Waals surface area contributed by atoms with Crippen molar-refractivity contribution in [2.24, 2.45) is 0 Å². The van der Waals surface area contributed by atoms with Crippen LogP contribution in [-0.2, 0) is 60.5 Å². The molecule has 1 fully saturated rings. The van der Waals surface area contributed by atoms with Crippen molar-refractivity contribution in [1.82, 2.24) is 30.4 Å². The lowest BCUT2D eigenvalue weighted by atomic mass is 9.74. The van der Waals surface area contributed by atoms with Crippen LogP contribution in [0.25, 0.3) is 99.5 Å². The van der Waals surface area contributed by atoms with Gasteiger partial charge in [0.15, 0.2) is 29.5 Å². The number of pyridine rings is 3. The van der Waals surface area contributed by atoms with Crippen LogP contribution in [0.15, 0.2) is 252 Å². The second kappa shape index (κ2) is 38.4. The predicted octanol–water partition coefficient (Wildman–Crippen LogP) is 21.5. The van der Waals surface area contributed by atoms with Crippen molar-refractivity contribution in [3.63, 3.8) is 0 Å². The zero-order chi connectivity index (χ0) is 83.2. The maximum atomic E-state index is 13.8. The lowest BCUT2D eigenvalue weighted by molar-refractivity contribution is 0.294. The topological polar surface area (TPSA) is 275 Å². The molecule has 35 heteroatoms. The van der Waals surface area contributed by atoms with Gasteiger partial charge >= 0.3 is 21.4 Å². The molecule has 1 saturated heterocycles. The second-order valence-corrected chi connectivity index (χ2v) is 34.7. The number of sulfone groups is 3. The Bertz CT molecular complexity index is 5980. The quantitative estimate of drug-likeness (QED) is 0.0570. The summed E-state index contributed by atoms with van der Waals surface area (Å²) in [5, 5.41) is 14.5. The third kappa shape index (κ3) is 20.6. The minimum atomic E-state index is -3.67. The molecular weight excluding hydrogens is 1740 g/mol. The Morgan fingerprint density at radius 3 is 0.975 bits per heavy atom. The molecule has 6 aromatic heterocycles. The minimum absolute atomic E-state index is 0. The SMILES string of the molecule is C.CB1OB(C)OB(C)O1.COc1cc(-c2cccc(F)c2)c(Cl)cc1-c1c(Br)cnc2cc(S(=O)(=O)Cc3ccon3)ccc12.COc1cc(-c2cccc(F)c2)c(Cl)cc1-c1c(C)cnc2cc(S(=O)(=O)Cc3ccon3)ccc12.COc1cc(-c2cccc(F)c2)c(Cl)cc1-c1c(C)cnc2cc(S(=O)(=O)Cc3ccon3)ccc12.P. The summed E-state index contributed by atoms with van der Waals surface area (Å²) in [7, 11) is -6.76. The third-order valence-electron chi connectivity index (χ3n) is 18.7. The molecule has 21 nitrogen and oxygen atoms in total. The second-order valence-electron chi connectivity index (χ2n) is 26.6. The normalized spacial score (nSPS) is 12.2. The highest BCUT2D eigenvalue weighted by Crippen LogP contribution is 2.48. The number of halogens is 7. The van der Waals surface area contributed by atoms with Gasteiger partial charge in [-0.25, -0.2) is 38.4 Å². The van der Waals surface area contributed by atoms with E-state index in [9.17, 15) is 38.4 Å². The van der Waals surface area contributed by atoms with Crippen LogP contribution in [0.4, 0.5) is 13.2 Å². The van der Waals surface area contributed by atoms with Crippen LogP contribution in [0.1, 0.15) is 35.6 Å². The van der Waals surface area contributed by atoms with Crippen molar-refractivity contribution < 1.29 is 79.9 Å². The first-order valence-corrected chi connectivity index (χ1v) is 42.5. The first-order valence-electron chi connectivity index (χ1n) is 35.6. The summed E-state index contributed by atoms with van der Waals surface area (Å²) in [6.45, 7) is 9.39. The summed E-state index contributed by atoms with van der Waals surface area (Å²) in [5.74, 6) is -0.359. The fraction of sp³-hybridized carbons (Fsp3) is 0.143. The van der Waals surface area contributed by atoms with Crippen molar-refractivity contribution in [2.75, 3.05) is 21.3 Å². The number of aromatic nitrogens is 6. The van der Waals surface area contributed by atoms with Crippen LogP contribution in [0.3, 0.4) is 0 Å². The summed E-state index contributed by atoms with van der Waals surface area (Å²) in [4.78, 5) is 13.8. The minimum Gasteiger partial charge on any atom is -0.496 e. The Morgan fingerprint density at radius 1 is 0.395 bits per heavy atom. The zero-order valence-corrected chi connectivity index (χ0v) is 71.7. The van der Waals surface area contributed by atoms with Crippen LogP contribution in [0.2, 0.25) is 35.5 Å². The first-order chi connectivity index (χ1) is 56.0. The Hall–Kier alpha value is -10.3. The molecule has 7 heterocycles. The molecule has 15 aromatic rings. The van der Waals surface area contributed by atoms with Gasteiger partial charge in [0.2, 0.25) is 0 Å². The molecule has 0 amide bonds. The molecule has 0 spiro atoms. The first kappa shape index (κ1) is 89.5. The van der Waals surface area contributed by atoms with Gasteiger partial charge in [-0.05, 0) is 198 Å². The number of benzene rings is 9. The van der Waals surface area contributed by atoms with E-state index < -0.39 is 29.5 Å². The number of hydrogen-bond donors (Lipinski definition) is 0. The largest absolute Gasteiger partial charge is 0.496 e. The van der Waals surface area contributed by atoms with Crippen molar-refractivity contribution in [3.8, 4) is 84.0 Å². The van der Waals surface area contributed by atoms with Gasteiger partial charge in [-0.15, -0.1) is 0 Å². The highest BCUT2D eigenvalue weighted by Gasteiger charge is 2.32.